The number of carbonyl (C=O) groups excluding carboxylic acids is 3. The van der Waals surface area contributed by atoms with E-state index in [9.17, 15) is 14.4 Å². The second-order valence-corrected chi connectivity index (χ2v) is 9.85. The van der Waals surface area contributed by atoms with E-state index in [0.29, 0.717) is 41.6 Å². The van der Waals surface area contributed by atoms with Gasteiger partial charge in [-0.2, -0.15) is 0 Å². The molecule has 1 atom stereocenters. The Morgan fingerprint density at radius 3 is 2.61 bits per heavy atom. The molecule has 1 saturated heterocycles. The number of anilines is 1. The number of Topliss-reactive ketones (excluding diaryl/α,β-unsaturated/α-hetero) is 1. The van der Waals surface area contributed by atoms with Gasteiger partial charge < -0.3 is 24.1 Å². The number of nitrogens with one attached hydrogen (secondary N) is 1. The second kappa shape index (κ2) is 9.85. The van der Waals surface area contributed by atoms with Crippen molar-refractivity contribution in [3.63, 3.8) is 0 Å². The van der Waals surface area contributed by atoms with Crippen LogP contribution in [0.5, 0.6) is 0 Å². The van der Waals surface area contributed by atoms with Crippen LogP contribution in [0, 0.1) is 5.92 Å². The first kappa shape index (κ1) is 24.2. The molecule has 0 spiro atoms. The van der Waals surface area contributed by atoms with Crippen molar-refractivity contribution in [3.05, 3.63) is 41.7 Å². The van der Waals surface area contributed by atoms with Crippen LogP contribution in [0.1, 0.15) is 64.8 Å². The lowest BCUT2D eigenvalue weighted by Gasteiger charge is -2.32. The number of imidazole rings is 2. The topological polar surface area (TPSA) is 111 Å². The van der Waals surface area contributed by atoms with Gasteiger partial charge in [-0.1, -0.05) is 6.42 Å². The van der Waals surface area contributed by atoms with Crippen molar-refractivity contribution in [2.24, 2.45) is 20.0 Å². The molecule has 190 valence electrons. The molecule has 2 fully saturated rings. The monoisotopic (exact) mass is 492 g/mol. The number of ether oxygens (including phenoxy) is 1. The molecular weight excluding hydrogens is 460 g/mol. The van der Waals surface area contributed by atoms with Crippen molar-refractivity contribution < 1.29 is 19.1 Å². The summed E-state index contributed by atoms with van der Waals surface area (Å²) < 4.78 is 8.68. The normalized spacial score (nSPS) is 18.3. The zero-order valence-corrected chi connectivity index (χ0v) is 21.0. The minimum absolute atomic E-state index is 0.0430. The molecule has 1 aliphatic heterocycles. The number of methoxy groups -OCH3 is 1. The number of hydrogen-bond donors (Lipinski definition) is 1. The van der Waals surface area contributed by atoms with Crippen LogP contribution in [0.4, 0.5) is 5.69 Å². The number of hydrogen-bond acceptors (Lipinski definition) is 6. The van der Waals surface area contributed by atoms with Crippen LogP contribution in [0.15, 0.2) is 24.5 Å². The highest BCUT2D eigenvalue weighted by atomic mass is 16.5. The van der Waals surface area contributed by atoms with Gasteiger partial charge in [0.15, 0.2) is 5.82 Å². The molecule has 36 heavy (non-hydrogen) atoms. The largest absolute Gasteiger partial charge is 0.375 e. The molecule has 1 aromatic carbocycles. The third-order valence-corrected chi connectivity index (χ3v) is 7.38. The van der Waals surface area contributed by atoms with Crippen molar-refractivity contribution in [1.82, 2.24) is 24.0 Å². The molecule has 0 unspecified atom stereocenters. The first-order valence-corrected chi connectivity index (χ1v) is 12.5. The molecule has 10 nitrogen and oxygen atoms in total. The number of fused-ring (bicyclic) bond motifs is 1. The zero-order chi connectivity index (χ0) is 25.4. The van der Waals surface area contributed by atoms with Crippen molar-refractivity contribution in [2.45, 2.75) is 38.0 Å². The van der Waals surface area contributed by atoms with Crippen LogP contribution in [0.3, 0.4) is 0 Å². The van der Waals surface area contributed by atoms with Crippen LogP contribution in [0.2, 0.25) is 0 Å². The van der Waals surface area contributed by atoms with Gasteiger partial charge in [-0.05, 0) is 37.8 Å². The summed E-state index contributed by atoms with van der Waals surface area (Å²) >= 11 is 0. The molecule has 3 aromatic rings. The average Bonchev–Trinajstić information content (AvgIpc) is 3.40. The third-order valence-electron chi connectivity index (χ3n) is 7.38. The summed E-state index contributed by atoms with van der Waals surface area (Å²) in [6.07, 6.45) is 8.16. The van der Waals surface area contributed by atoms with E-state index in [1.807, 2.05) is 17.7 Å². The molecule has 2 amide bonds. The molecule has 5 rings (SSSR count). The van der Waals surface area contributed by atoms with Crippen LogP contribution >= 0.6 is 0 Å². The number of carbonyl (C=O) groups is 3. The number of amides is 2. The summed E-state index contributed by atoms with van der Waals surface area (Å²) in [6.45, 7) is 0.817. The van der Waals surface area contributed by atoms with E-state index in [4.69, 9.17) is 9.72 Å². The maximum absolute atomic E-state index is 13.9. The Morgan fingerprint density at radius 2 is 1.94 bits per heavy atom. The Bertz CT molecular complexity index is 1320. The lowest BCUT2D eigenvalue weighted by atomic mass is 9.85. The van der Waals surface area contributed by atoms with Gasteiger partial charge in [0.05, 0.1) is 16.6 Å². The molecule has 2 aromatic heterocycles. The molecule has 1 N–H and O–H groups in total. The van der Waals surface area contributed by atoms with Crippen molar-refractivity contribution in [1.29, 1.82) is 0 Å². The number of aryl methyl sites for hydroxylation is 2. The molecule has 1 aliphatic carbocycles. The molecule has 2 aliphatic rings. The van der Waals surface area contributed by atoms with E-state index in [-0.39, 0.29) is 30.1 Å². The predicted molar refractivity (Wildman–Crippen MR) is 134 cm³/mol. The smallest absolute Gasteiger partial charge is 0.256 e. The Hall–Kier alpha value is -3.53. The van der Waals surface area contributed by atoms with E-state index in [1.54, 1.807) is 35.0 Å². The van der Waals surface area contributed by atoms with E-state index in [0.717, 1.165) is 37.0 Å². The fourth-order valence-electron chi connectivity index (χ4n) is 5.30. The highest BCUT2D eigenvalue weighted by Gasteiger charge is 2.33. The van der Waals surface area contributed by atoms with Gasteiger partial charge in [0, 0.05) is 64.2 Å². The fourth-order valence-corrected chi connectivity index (χ4v) is 5.30. The number of aromatic nitrogens is 4. The SMILES string of the molecule is COCC(=O)Nc1cc(C(=O)N2CCC[C@@H](C(=O)c3nccn3C)C2)c2c(c1)nc(C1CCC1)n2C. The van der Waals surface area contributed by atoms with Crippen LogP contribution in [0.25, 0.3) is 11.0 Å². The van der Waals surface area contributed by atoms with Crippen molar-refractivity contribution in [3.8, 4) is 0 Å². The molecular formula is C26H32N6O4. The first-order valence-electron chi connectivity index (χ1n) is 12.5. The van der Waals surface area contributed by atoms with E-state index >= 15 is 0 Å². The van der Waals surface area contributed by atoms with Gasteiger partial charge in [-0.25, -0.2) is 9.97 Å². The Balaban J connectivity index is 1.49. The molecule has 3 heterocycles. The molecule has 10 heteroatoms. The van der Waals surface area contributed by atoms with E-state index in [2.05, 4.69) is 10.3 Å². The summed E-state index contributed by atoms with van der Waals surface area (Å²) in [7, 11) is 5.21. The predicted octanol–water partition coefficient (Wildman–Crippen LogP) is 2.89. The highest BCUT2D eigenvalue weighted by molar-refractivity contribution is 6.08. The van der Waals surface area contributed by atoms with Crippen molar-refractivity contribution in [2.75, 3.05) is 32.1 Å². The second-order valence-electron chi connectivity index (χ2n) is 9.85. The number of benzene rings is 1. The number of likely N-dealkylation sites (tertiary alicyclic amines) is 1. The van der Waals surface area contributed by atoms with Crippen LogP contribution in [-0.2, 0) is 23.6 Å². The van der Waals surface area contributed by atoms with Gasteiger partial charge in [0.25, 0.3) is 5.91 Å². The lowest BCUT2D eigenvalue weighted by Crippen LogP contribution is -2.43. The number of nitrogens with zero attached hydrogens (tertiary/aromatic N) is 5. The average molecular weight is 493 g/mol. The van der Waals surface area contributed by atoms with Crippen LogP contribution < -0.4 is 5.32 Å². The van der Waals surface area contributed by atoms with Crippen molar-refractivity contribution >= 4 is 34.3 Å². The maximum Gasteiger partial charge on any atom is 0.256 e. The Morgan fingerprint density at radius 1 is 1.14 bits per heavy atom. The van der Waals surface area contributed by atoms with Gasteiger partial charge in [-0.3, -0.25) is 14.4 Å². The lowest BCUT2D eigenvalue weighted by molar-refractivity contribution is -0.119. The fraction of sp³-hybridized carbons (Fsp3) is 0.500. The highest BCUT2D eigenvalue weighted by Crippen LogP contribution is 2.38. The van der Waals surface area contributed by atoms with Gasteiger partial charge in [0.1, 0.15) is 12.4 Å². The summed E-state index contributed by atoms with van der Waals surface area (Å²) in [6, 6.07) is 3.53. The van der Waals surface area contributed by atoms with Gasteiger partial charge in [0.2, 0.25) is 11.7 Å². The first-order chi connectivity index (χ1) is 17.4. The minimum atomic E-state index is -0.305. The zero-order valence-electron chi connectivity index (χ0n) is 21.0. The standard InChI is InChI=1S/C26H32N6O4/c1-30-11-9-27-25(30)23(34)17-8-5-10-32(14-17)26(35)19-12-18(28-21(33)15-36-3)13-20-22(19)31(2)24(29-20)16-6-4-7-16/h9,11-13,16-17H,4-8,10,14-15H2,1-3H3,(H,28,33)/t17-/m1/s1. The van der Waals surface area contributed by atoms with E-state index in [1.165, 1.54) is 13.5 Å². The molecule has 1 saturated carbocycles. The minimum Gasteiger partial charge on any atom is -0.375 e. The molecule has 0 radical (unpaired) electrons. The Kier molecular flexibility index (Phi) is 6.61. The number of ketones is 1. The maximum atomic E-state index is 13.9. The van der Waals surface area contributed by atoms with E-state index < -0.39 is 0 Å². The Labute approximate surface area is 209 Å². The third kappa shape index (κ3) is 4.41. The van der Waals surface area contributed by atoms with Gasteiger partial charge >= 0.3 is 0 Å². The number of piperidine rings is 1. The summed E-state index contributed by atoms with van der Waals surface area (Å²) in [5.41, 5.74) is 2.41. The quantitative estimate of drug-likeness (QED) is 0.508. The summed E-state index contributed by atoms with van der Waals surface area (Å²) in [4.78, 5) is 50.1. The molecule has 0 bridgehead atoms. The summed E-state index contributed by atoms with van der Waals surface area (Å²) in [5.74, 6) is 0.946. The number of rotatable bonds is 7. The summed E-state index contributed by atoms with van der Waals surface area (Å²) in [5, 5.41) is 2.82. The van der Waals surface area contributed by atoms with Crippen LogP contribution in [-0.4, -0.2) is 68.4 Å². The van der Waals surface area contributed by atoms with Gasteiger partial charge in [-0.15, -0.1) is 0 Å².